The maximum Gasteiger partial charge on any atom is 0.256 e. The molecule has 98 valence electrons. The number of nitrogens with zero attached hydrogens (tertiary/aromatic N) is 1. The van der Waals surface area contributed by atoms with E-state index < -0.39 is 11.7 Å². The number of aryl methyl sites for hydroxylation is 1. The van der Waals surface area contributed by atoms with Crippen molar-refractivity contribution in [1.82, 2.24) is 4.98 Å². The second-order valence-electron chi connectivity index (χ2n) is 3.93. The van der Waals surface area contributed by atoms with Gasteiger partial charge in [-0.1, -0.05) is 15.9 Å². The molecule has 1 aromatic carbocycles. The van der Waals surface area contributed by atoms with E-state index in [4.69, 9.17) is 0 Å². The fourth-order valence-electron chi connectivity index (χ4n) is 1.48. The molecule has 1 aromatic heterocycles. The molecule has 0 fully saturated rings. The lowest BCUT2D eigenvalue weighted by Crippen LogP contribution is -2.13. The van der Waals surface area contributed by atoms with Crippen LogP contribution in [0.5, 0.6) is 0 Å². The molecule has 6 heteroatoms. The van der Waals surface area contributed by atoms with E-state index in [0.717, 1.165) is 10.0 Å². The zero-order chi connectivity index (χ0) is 14.0. The maximum atomic E-state index is 13.2. The molecule has 0 saturated heterocycles. The lowest BCUT2D eigenvalue weighted by molar-refractivity contribution is 0.102. The van der Waals surface area contributed by atoms with Gasteiger partial charge in [0, 0.05) is 20.7 Å². The molecule has 0 unspecified atom stereocenters. The van der Waals surface area contributed by atoms with Crippen molar-refractivity contribution >= 4 is 43.6 Å². The summed E-state index contributed by atoms with van der Waals surface area (Å²) in [6.07, 6.45) is 1.60. The smallest absolute Gasteiger partial charge is 0.256 e. The summed E-state index contributed by atoms with van der Waals surface area (Å²) in [7, 11) is 0. The number of rotatable bonds is 2. The van der Waals surface area contributed by atoms with Crippen molar-refractivity contribution in [2.75, 3.05) is 5.32 Å². The van der Waals surface area contributed by atoms with Crippen LogP contribution < -0.4 is 5.32 Å². The van der Waals surface area contributed by atoms with Crippen LogP contribution >= 0.6 is 31.9 Å². The summed E-state index contributed by atoms with van der Waals surface area (Å²) in [4.78, 5) is 16.0. The van der Waals surface area contributed by atoms with Crippen molar-refractivity contribution in [3.05, 3.63) is 56.4 Å². The van der Waals surface area contributed by atoms with Crippen LogP contribution in [-0.2, 0) is 0 Å². The van der Waals surface area contributed by atoms with E-state index in [1.807, 2.05) is 6.92 Å². The maximum absolute atomic E-state index is 13.2. The topological polar surface area (TPSA) is 42.0 Å². The fraction of sp³-hybridized carbons (Fsp3) is 0.0769. The number of halogens is 3. The minimum Gasteiger partial charge on any atom is -0.307 e. The van der Waals surface area contributed by atoms with Gasteiger partial charge in [0.15, 0.2) is 0 Å². The Morgan fingerprint density at radius 1 is 1.26 bits per heavy atom. The van der Waals surface area contributed by atoms with Gasteiger partial charge in [-0.2, -0.15) is 0 Å². The predicted octanol–water partition coefficient (Wildman–Crippen LogP) is 4.31. The Bertz CT molecular complexity index is 626. The van der Waals surface area contributed by atoms with E-state index in [1.54, 1.807) is 18.3 Å². The van der Waals surface area contributed by atoms with E-state index in [-0.39, 0.29) is 5.56 Å². The molecule has 0 atom stereocenters. The van der Waals surface area contributed by atoms with Gasteiger partial charge in [-0.05, 0) is 52.7 Å². The van der Waals surface area contributed by atoms with Crippen LogP contribution in [-0.4, -0.2) is 10.9 Å². The zero-order valence-electron chi connectivity index (χ0n) is 9.88. The molecule has 1 amide bonds. The first kappa shape index (κ1) is 14.1. The van der Waals surface area contributed by atoms with Crippen LogP contribution in [0.4, 0.5) is 10.2 Å². The van der Waals surface area contributed by atoms with Crippen LogP contribution in [0.15, 0.2) is 39.4 Å². The van der Waals surface area contributed by atoms with E-state index >= 15 is 0 Å². The summed E-state index contributed by atoms with van der Waals surface area (Å²) in [6, 6.07) is 5.74. The Hall–Kier alpha value is -1.27. The number of aromatic nitrogens is 1. The van der Waals surface area contributed by atoms with E-state index in [0.29, 0.717) is 10.3 Å². The number of benzene rings is 1. The lowest BCUT2D eigenvalue weighted by atomic mass is 10.2. The van der Waals surface area contributed by atoms with Crippen LogP contribution in [0.25, 0.3) is 0 Å². The molecule has 0 spiro atoms. The van der Waals surface area contributed by atoms with Gasteiger partial charge in [0.1, 0.15) is 11.6 Å². The highest BCUT2D eigenvalue weighted by atomic mass is 79.9. The van der Waals surface area contributed by atoms with Gasteiger partial charge in [-0.15, -0.1) is 0 Å². The van der Waals surface area contributed by atoms with Crippen LogP contribution in [0, 0.1) is 12.7 Å². The summed E-state index contributed by atoms with van der Waals surface area (Å²) >= 11 is 6.47. The van der Waals surface area contributed by atoms with E-state index in [1.165, 1.54) is 12.1 Å². The van der Waals surface area contributed by atoms with Crippen molar-refractivity contribution in [3.63, 3.8) is 0 Å². The molecule has 1 N–H and O–H groups in total. The molecule has 1 heterocycles. The third-order valence-corrected chi connectivity index (χ3v) is 3.70. The van der Waals surface area contributed by atoms with Gasteiger partial charge in [-0.25, -0.2) is 9.37 Å². The molecular weight excluding hydrogens is 379 g/mol. The first-order valence-electron chi connectivity index (χ1n) is 5.35. The first-order chi connectivity index (χ1) is 8.95. The SMILES string of the molecule is Cc1cc(NC(=O)c2cc(F)cc(Br)c2)ncc1Br. The number of amides is 1. The largest absolute Gasteiger partial charge is 0.307 e. The molecule has 3 nitrogen and oxygen atoms in total. The van der Waals surface area contributed by atoms with Gasteiger partial charge in [0.25, 0.3) is 5.91 Å². The summed E-state index contributed by atoms with van der Waals surface area (Å²) in [6.45, 7) is 1.89. The monoisotopic (exact) mass is 386 g/mol. The molecule has 0 radical (unpaired) electrons. The number of nitrogens with one attached hydrogen (secondary N) is 1. The van der Waals surface area contributed by atoms with Crippen molar-refractivity contribution in [2.45, 2.75) is 6.92 Å². The standard InChI is InChI=1S/C13H9Br2FN2O/c1-7-2-12(17-6-11(7)15)18-13(19)8-3-9(14)5-10(16)4-8/h2-6H,1H3,(H,17,18,19). The Kier molecular flexibility index (Phi) is 4.31. The van der Waals surface area contributed by atoms with Gasteiger partial charge in [0.05, 0.1) is 0 Å². The van der Waals surface area contributed by atoms with Gasteiger partial charge in [-0.3, -0.25) is 4.79 Å². The number of hydrogen-bond acceptors (Lipinski definition) is 2. The molecule has 2 aromatic rings. The minimum atomic E-state index is -0.473. The molecule has 0 bridgehead atoms. The Balaban J connectivity index is 2.22. The number of anilines is 1. The van der Waals surface area contributed by atoms with Crippen molar-refractivity contribution < 1.29 is 9.18 Å². The number of carbonyl (C=O) groups is 1. The minimum absolute atomic E-state index is 0.231. The highest BCUT2D eigenvalue weighted by Gasteiger charge is 2.10. The van der Waals surface area contributed by atoms with Crippen molar-refractivity contribution in [1.29, 1.82) is 0 Å². The van der Waals surface area contributed by atoms with Crippen LogP contribution in [0.2, 0.25) is 0 Å². The molecule has 2 rings (SSSR count). The highest BCUT2D eigenvalue weighted by molar-refractivity contribution is 9.10. The number of hydrogen-bond donors (Lipinski definition) is 1. The van der Waals surface area contributed by atoms with Gasteiger partial charge in [0.2, 0.25) is 0 Å². The summed E-state index contributed by atoms with van der Waals surface area (Å²) in [5.41, 5.74) is 1.18. The van der Waals surface area contributed by atoms with Crippen LogP contribution in [0.3, 0.4) is 0 Å². The van der Waals surface area contributed by atoms with E-state index in [9.17, 15) is 9.18 Å². The summed E-state index contributed by atoms with van der Waals surface area (Å²) < 4.78 is 14.6. The quantitative estimate of drug-likeness (QED) is 0.834. The summed E-state index contributed by atoms with van der Waals surface area (Å²) in [5, 5.41) is 2.62. The van der Waals surface area contributed by atoms with Gasteiger partial charge < -0.3 is 5.32 Å². The summed E-state index contributed by atoms with van der Waals surface area (Å²) in [5.74, 6) is -0.458. The normalized spacial score (nSPS) is 10.3. The fourth-order valence-corrected chi connectivity index (χ4v) is 2.16. The Labute approximate surface area is 126 Å². The third-order valence-electron chi connectivity index (χ3n) is 2.41. The molecule has 19 heavy (non-hydrogen) atoms. The molecule has 0 aliphatic carbocycles. The van der Waals surface area contributed by atoms with Crippen molar-refractivity contribution in [3.8, 4) is 0 Å². The molecule has 0 aliphatic rings. The predicted molar refractivity (Wildman–Crippen MR) is 78.7 cm³/mol. The highest BCUT2D eigenvalue weighted by Crippen LogP contribution is 2.19. The zero-order valence-corrected chi connectivity index (χ0v) is 13.0. The molecular formula is C13H9Br2FN2O. The lowest BCUT2D eigenvalue weighted by Gasteiger charge is -2.06. The molecule has 0 saturated carbocycles. The number of pyridine rings is 1. The second kappa shape index (κ2) is 5.79. The Morgan fingerprint density at radius 2 is 2.00 bits per heavy atom. The van der Waals surface area contributed by atoms with Crippen molar-refractivity contribution in [2.24, 2.45) is 0 Å². The average molecular weight is 388 g/mol. The van der Waals surface area contributed by atoms with E-state index in [2.05, 4.69) is 42.2 Å². The third kappa shape index (κ3) is 3.61. The van der Waals surface area contributed by atoms with Gasteiger partial charge >= 0.3 is 0 Å². The average Bonchev–Trinajstić information content (AvgIpc) is 2.32. The molecule has 0 aliphatic heterocycles. The Morgan fingerprint density at radius 3 is 2.63 bits per heavy atom. The first-order valence-corrected chi connectivity index (χ1v) is 6.94. The second-order valence-corrected chi connectivity index (χ2v) is 5.70. The van der Waals surface area contributed by atoms with Crippen LogP contribution in [0.1, 0.15) is 15.9 Å². The number of carbonyl (C=O) groups excluding carboxylic acids is 1.